The lowest BCUT2D eigenvalue weighted by atomic mass is 9.91. The molecule has 1 N–H and O–H groups in total. The highest BCUT2D eigenvalue weighted by Crippen LogP contribution is 2.18. The van der Waals surface area contributed by atoms with E-state index in [9.17, 15) is 9.90 Å². The number of rotatable bonds is 3. The lowest BCUT2D eigenvalue weighted by Crippen LogP contribution is -2.39. The Bertz CT molecular complexity index is 230. The summed E-state index contributed by atoms with van der Waals surface area (Å²) < 4.78 is 4.65. The zero-order chi connectivity index (χ0) is 9.03. The Balaban J connectivity index is 2.65. The van der Waals surface area contributed by atoms with Crippen LogP contribution in [0.5, 0.6) is 0 Å². The number of methoxy groups -OCH3 is 1. The predicted octanol–water partition coefficient (Wildman–Crippen LogP) is 0.449. The molecule has 0 unspecified atom stereocenters. The van der Waals surface area contributed by atoms with Gasteiger partial charge in [-0.3, -0.25) is 4.79 Å². The van der Waals surface area contributed by atoms with E-state index in [4.69, 9.17) is 0 Å². The average molecular weight is 168 g/mol. The standard InChI is InChI=1S/C9H12O3/c1-12-7-8(10)9(11)5-3-2-4-6-9/h2-5,11H,6-7H2,1H3/t9-/m0/s1. The Labute approximate surface area is 71.3 Å². The van der Waals surface area contributed by atoms with Crippen LogP contribution >= 0.6 is 0 Å². The summed E-state index contributed by atoms with van der Waals surface area (Å²) in [5, 5.41) is 9.70. The molecule has 1 aliphatic rings. The van der Waals surface area contributed by atoms with E-state index in [-0.39, 0.29) is 12.4 Å². The van der Waals surface area contributed by atoms with Gasteiger partial charge in [-0.05, 0) is 6.08 Å². The molecule has 1 aliphatic carbocycles. The molecule has 0 fully saturated rings. The molecule has 3 heteroatoms. The van der Waals surface area contributed by atoms with Crippen molar-refractivity contribution < 1.29 is 14.6 Å². The van der Waals surface area contributed by atoms with Crippen LogP contribution in [0.2, 0.25) is 0 Å². The first-order chi connectivity index (χ1) is 5.69. The van der Waals surface area contributed by atoms with Gasteiger partial charge in [0.05, 0.1) is 0 Å². The molecule has 0 saturated heterocycles. The van der Waals surface area contributed by atoms with E-state index in [0.29, 0.717) is 6.42 Å². The molecule has 0 saturated carbocycles. The van der Waals surface area contributed by atoms with Crippen LogP contribution in [0.15, 0.2) is 24.3 Å². The number of ketones is 1. The topological polar surface area (TPSA) is 46.5 Å². The summed E-state index contributed by atoms with van der Waals surface area (Å²) in [5.41, 5.74) is -1.34. The minimum Gasteiger partial charge on any atom is -0.377 e. The van der Waals surface area contributed by atoms with Gasteiger partial charge in [0, 0.05) is 13.5 Å². The second-order valence-corrected chi connectivity index (χ2v) is 2.77. The number of Topliss-reactive ketones (excluding diaryl/α,β-unsaturated/α-hetero) is 1. The summed E-state index contributed by atoms with van der Waals surface area (Å²) in [5.74, 6) is -0.300. The molecule has 3 nitrogen and oxygen atoms in total. The van der Waals surface area contributed by atoms with Gasteiger partial charge in [-0.1, -0.05) is 18.2 Å². The summed E-state index contributed by atoms with van der Waals surface area (Å²) in [4.78, 5) is 11.3. The first-order valence-corrected chi connectivity index (χ1v) is 3.78. The van der Waals surface area contributed by atoms with Gasteiger partial charge in [0.25, 0.3) is 0 Å². The highest BCUT2D eigenvalue weighted by atomic mass is 16.5. The number of hydrogen-bond acceptors (Lipinski definition) is 3. The van der Waals surface area contributed by atoms with Crippen LogP contribution < -0.4 is 0 Å². The fourth-order valence-electron chi connectivity index (χ4n) is 1.07. The van der Waals surface area contributed by atoms with Gasteiger partial charge in [-0.25, -0.2) is 0 Å². The van der Waals surface area contributed by atoms with Gasteiger partial charge in [0.2, 0.25) is 0 Å². The molecule has 0 heterocycles. The average Bonchev–Trinajstić information content (AvgIpc) is 2.06. The van der Waals surface area contributed by atoms with E-state index in [2.05, 4.69) is 4.74 Å². The normalized spacial score (nSPS) is 27.5. The van der Waals surface area contributed by atoms with Crippen molar-refractivity contribution in [1.82, 2.24) is 0 Å². The maximum atomic E-state index is 11.3. The van der Waals surface area contributed by atoms with E-state index >= 15 is 0 Å². The first kappa shape index (κ1) is 9.16. The summed E-state index contributed by atoms with van der Waals surface area (Å²) in [6.45, 7) is -0.0469. The highest BCUT2D eigenvalue weighted by molar-refractivity contribution is 5.90. The fraction of sp³-hybridized carbons (Fsp3) is 0.444. The van der Waals surface area contributed by atoms with Gasteiger partial charge in [-0.15, -0.1) is 0 Å². The smallest absolute Gasteiger partial charge is 0.194 e. The Hall–Kier alpha value is -0.930. The van der Waals surface area contributed by atoms with Crippen molar-refractivity contribution in [3.63, 3.8) is 0 Å². The number of hydrogen-bond donors (Lipinski definition) is 1. The van der Waals surface area contributed by atoms with Gasteiger partial charge >= 0.3 is 0 Å². The zero-order valence-electron chi connectivity index (χ0n) is 6.99. The molecule has 1 atom stereocenters. The largest absolute Gasteiger partial charge is 0.377 e. The van der Waals surface area contributed by atoms with Crippen LogP contribution in [0.25, 0.3) is 0 Å². The number of carbonyl (C=O) groups is 1. The van der Waals surface area contributed by atoms with Crippen LogP contribution in [0.3, 0.4) is 0 Å². The maximum absolute atomic E-state index is 11.3. The summed E-state index contributed by atoms with van der Waals surface area (Å²) in [6, 6.07) is 0. The van der Waals surface area contributed by atoms with Crippen molar-refractivity contribution in [3.8, 4) is 0 Å². The quantitative estimate of drug-likeness (QED) is 0.665. The highest BCUT2D eigenvalue weighted by Gasteiger charge is 2.31. The van der Waals surface area contributed by atoms with Crippen LogP contribution in [0.1, 0.15) is 6.42 Å². The second-order valence-electron chi connectivity index (χ2n) is 2.77. The summed E-state index contributed by atoms with van der Waals surface area (Å²) >= 11 is 0. The molecule has 0 aromatic heterocycles. The predicted molar refractivity (Wildman–Crippen MR) is 44.7 cm³/mol. The molecule has 0 bridgehead atoms. The molecule has 0 radical (unpaired) electrons. The van der Waals surface area contributed by atoms with Crippen LogP contribution in [0.4, 0.5) is 0 Å². The molecule has 66 valence electrons. The summed E-state index contributed by atoms with van der Waals surface area (Å²) in [6.07, 6.45) is 7.05. The lowest BCUT2D eigenvalue weighted by Gasteiger charge is -2.22. The van der Waals surface area contributed by atoms with Crippen molar-refractivity contribution in [2.75, 3.05) is 13.7 Å². The van der Waals surface area contributed by atoms with Crippen molar-refractivity contribution in [1.29, 1.82) is 0 Å². The fourth-order valence-corrected chi connectivity index (χ4v) is 1.07. The monoisotopic (exact) mass is 168 g/mol. The molecule has 1 rings (SSSR count). The maximum Gasteiger partial charge on any atom is 0.194 e. The number of ether oxygens (including phenoxy) is 1. The number of carbonyl (C=O) groups excluding carboxylic acids is 1. The molecule has 0 aliphatic heterocycles. The molecule has 0 aromatic carbocycles. The lowest BCUT2D eigenvalue weighted by molar-refractivity contribution is -0.136. The van der Waals surface area contributed by atoms with Crippen molar-refractivity contribution in [2.24, 2.45) is 0 Å². The van der Waals surface area contributed by atoms with E-state index < -0.39 is 5.60 Å². The van der Waals surface area contributed by atoms with Crippen LogP contribution in [-0.4, -0.2) is 30.2 Å². The summed E-state index contributed by atoms with van der Waals surface area (Å²) in [7, 11) is 1.43. The third-order valence-electron chi connectivity index (χ3n) is 1.81. The Kier molecular flexibility index (Phi) is 2.78. The van der Waals surface area contributed by atoms with E-state index in [1.807, 2.05) is 0 Å². The minimum atomic E-state index is -1.34. The molecule has 12 heavy (non-hydrogen) atoms. The van der Waals surface area contributed by atoms with E-state index in [1.165, 1.54) is 13.2 Å². The Morgan fingerprint density at radius 1 is 1.67 bits per heavy atom. The molecule has 0 amide bonds. The Morgan fingerprint density at radius 2 is 2.42 bits per heavy atom. The third-order valence-corrected chi connectivity index (χ3v) is 1.81. The molecular weight excluding hydrogens is 156 g/mol. The minimum absolute atomic E-state index is 0.0469. The SMILES string of the molecule is COCC(=O)[C@]1(O)C=CC=CC1. The van der Waals surface area contributed by atoms with Gasteiger partial charge in [0.1, 0.15) is 12.2 Å². The molecule has 0 aromatic rings. The number of aliphatic hydroxyl groups is 1. The first-order valence-electron chi connectivity index (χ1n) is 3.78. The van der Waals surface area contributed by atoms with Crippen LogP contribution in [0, 0.1) is 0 Å². The zero-order valence-corrected chi connectivity index (χ0v) is 6.99. The van der Waals surface area contributed by atoms with Crippen molar-refractivity contribution >= 4 is 5.78 Å². The van der Waals surface area contributed by atoms with E-state index in [0.717, 1.165) is 0 Å². The van der Waals surface area contributed by atoms with Gasteiger partial charge in [0.15, 0.2) is 5.78 Å². The third kappa shape index (κ3) is 1.81. The second kappa shape index (κ2) is 3.65. The Morgan fingerprint density at radius 3 is 2.92 bits per heavy atom. The van der Waals surface area contributed by atoms with Gasteiger partial charge < -0.3 is 9.84 Å². The molecular formula is C9H12O3. The number of allylic oxidation sites excluding steroid dienone is 2. The molecule has 0 spiro atoms. The van der Waals surface area contributed by atoms with Crippen molar-refractivity contribution in [3.05, 3.63) is 24.3 Å². The van der Waals surface area contributed by atoms with Crippen molar-refractivity contribution in [2.45, 2.75) is 12.0 Å². The van der Waals surface area contributed by atoms with Gasteiger partial charge in [-0.2, -0.15) is 0 Å². The van der Waals surface area contributed by atoms with E-state index in [1.54, 1.807) is 18.2 Å². The van der Waals surface area contributed by atoms with Crippen LogP contribution in [-0.2, 0) is 9.53 Å².